The summed E-state index contributed by atoms with van der Waals surface area (Å²) in [6.45, 7) is 9.62. The van der Waals surface area contributed by atoms with E-state index in [-0.39, 0.29) is 12.7 Å². The zero-order chi connectivity index (χ0) is 14.0. The van der Waals surface area contributed by atoms with Gasteiger partial charge in [0.1, 0.15) is 0 Å². The molecule has 112 valence electrons. The zero-order valence-electron chi connectivity index (χ0n) is 12.6. The van der Waals surface area contributed by atoms with Crippen LogP contribution in [0.3, 0.4) is 0 Å². The Kier molecular flexibility index (Phi) is 4.88. The molecule has 4 unspecified atom stereocenters. The second-order valence-corrected chi connectivity index (χ2v) is 7.27. The van der Waals surface area contributed by atoms with Crippen molar-refractivity contribution in [1.29, 1.82) is 0 Å². The maximum absolute atomic E-state index is 9.26. The van der Waals surface area contributed by atoms with E-state index in [1.165, 1.54) is 12.8 Å². The Bertz CT molecular complexity index is 296. The van der Waals surface area contributed by atoms with E-state index in [2.05, 4.69) is 25.7 Å². The van der Waals surface area contributed by atoms with Crippen molar-refractivity contribution in [2.45, 2.75) is 58.2 Å². The summed E-state index contributed by atoms with van der Waals surface area (Å²) < 4.78 is 5.60. The molecule has 1 saturated heterocycles. The first kappa shape index (κ1) is 15.2. The third-order valence-electron chi connectivity index (χ3n) is 4.88. The quantitative estimate of drug-likeness (QED) is 0.809. The van der Waals surface area contributed by atoms with Crippen LogP contribution in [-0.4, -0.2) is 54.5 Å². The highest BCUT2D eigenvalue weighted by atomic mass is 16.5. The fourth-order valence-corrected chi connectivity index (χ4v) is 3.50. The minimum absolute atomic E-state index is 0.0241. The van der Waals surface area contributed by atoms with Crippen molar-refractivity contribution >= 4 is 0 Å². The van der Waals surface area contributed by atoms with Crippen molar-refractivity contribution in [1.82, 2.24) is 4.90 Å². The first-order valence-corrected chi connectivity index (χ1v) is 7.63. The summed E-state index contributed by atoms with van der Waals surface area (Å²) in [7, 11) is 0. The van der Waals surface area contributed by atoms with Crippen LogP contribution in [0.25, 0.3) is 0 Å². The number of aliphatic hydroxyl groups is 1. The highest BCUT2D eigenvalue weighted by Gasteiger charge is 2.36. The number of morpholine rings is 1. The zero-order valence-corrected chi connectivity index (χ0v) is 12.6. The van der Waals surface area contributed by atoms with Crippen molar-refractivity contribution in [2.24, 2.45) is 17.1 Å². The van der Waals surface area contributed by atoms with Gasteiger partial charge in [0.2, 0.25) is 0 Å². The normalized spacial score (nSPS) is 40.3. The van der Waals surface area contributed by atoms with E-state index < -0.39 is 0 Å². The molecular weight excluding hydrogens is 240 g/mol. The molecule has 2 rings (SSSR count). The number of ether oxygens (including phenoxy) is 1. The third kappa shape index (κ3) is 3.91. The Morgan fingerprint density at radius 3 is 2.84 bits per heavy atom. The molecule has 4 nitrogen and oxygen atoms in total. The molecule has 0 aromatic heterocycles. The van der Waals surface area contributed by atoms with Crippen LogP contribution in [0, 0.1) is 11.3 Å². The van der Waals surface area contributed by atoms with E-state index >= 15 is 0 Å². The topological polar surface area (TPSA) is 58.7 Å². The van der Waals surface area contributed by atoms with Gasteiger partial charge >= 0.3 is 0 Å². The fourth-order valence-electron chi connectivity index (χ4n) is 3.50. The Balaban J connectivity index is 1.94. The van der Waals surface area contributed by atoms with Crippen LogP contribution >= 0.6 is 0 Å². The summed E-state index contributed by atoms with van der Waals surface area (Å²) in [5.74, 6) is 0.573. The largest absolute Gasteiger partial charge is 0.394 e. The van der Waals surface area contributed by atoms with Crippen molar-refractivity contribution in [2.75, 3.05) is 26.3 Å². The molecule has 2 fully saturated rings. The van der Waals surface area contributed by atoms with Gasteiger partial charge in [-0.15, -0.1) is 0 Å². The number of hydrogen-bond acceptors (Lipinski definition) is 4. The second-order valence-electron chi connectivity index (χ2n) is 7.27. The summed E-state index contributed by atoms with van der Waals surface area (Å²) in [5.41, 5.74) is 6.75. The summed E-state index contributed by atoms with van der Waals surface area (Å²) in [6.07, 6.45) is 3.56. The molecule has 0 aromatic rings. The summed E-state index contributed by atoms with van der Waals surface area (Å²) in [4.78, 5) is 2.45. The van der Waals surface area contributed by atoms with Crippen LogP contribution in [0.4, 0.5) is 0 Å². The van der Waals surface area contributed by atoms with E-state index in [9.17, 15) is 5.11 Å². The van der Waals surface area contributed by atoms with Gasteiger partial charge in [0.25, 0.3) is 0 Å². The van der Waals surface area contributed by atoms with E-state index in [4.69, 9.17) is 10.5 Å². The fraction of sp³-hybridized carbons (Fsp3) is 1.00. The van der Waals surface area contributed by atoms with Crippen LogP contribution in [0.1, 0.15) is 40.0 Å². The Morgan fingerprint density at radius 1 is 1.42 bits per heavy atom. The molecular formula is C15H30N2O2. The lowest BCUT2D eigenvalue weighted by Crippen LogP contribution is -2.53. The molecule has 4 heteroatoms. The maximum atomic E-state index is 9.26. The lowest BCUT2D eigenvalue weighted by molar-refractivity contribution is -0.0849. The van der Waals surface area contributed by atoms with Gasteiger partial charge in [-0.25, -0.2) is 0 Å². The van der Waals surface area contributed by atoms with Gasteiger partial charge in [-0.05, 0) is 37.5 Å². The van der Waals surface area contributed by atoms with Crippen LogP contribution < -0.4 is 5.73 Å². The molecule has 19 heavy (non-hydrogen) atoms. The highest BCUT2D eigenvalue weighted by Crippen LogP contribution is 2.38. The second kappa shape index (κ2) is 6.08. The molecule has 0 spiro atoms. The molecule has 1 heterocycles. The predicted octanol–water partition coefficient (Wildman–Crippen LogP) is 1.22. The Hall–Kier alpha value is -0.160. The van der Waals surface area contributed by atoms with E-state index in [1.54, 1.807) is 0 Å². The van der Waals surface area contributed by atoms with Crippen molar-refractivity contribution in [3.05, 3.63) is 0 Å². The van der Waals surface area contributed by atoms with Crippen LogP contribution in [0.2, 0.25) is 0 Å². The number of rotatable bonds is 3. The van der Waals surface area contributed by atoms with E-state index in [1.807, 2.05) is 0 Å². The molecule has 1 aliphatic carbocycles. The Morgan fingerprint density at radius 2 is 2.16 bits per heavy atom. The molecule has 3 N–H and O–H groups in total. The lowest BCUT2D eigenvalue weighted by Gasteiger charge is -2.44. The van der Waals surface area contributed by atoms with Crippen LogP contribution in [0.5, 0.6) is 0 Å². The molecule has 4 atom stereocenters. The molecule has 0 aromatic carbocycles. The van der Waals surface area contributed by atoms with Crippen molar-refractivity contribution in [3.8, 4) is 0 Å². The maximum Gasteiger partial charge on any atom is 0.0933 e. The van der Waals surface area contributed by atoms with Gasteiger partial charge in [-0.2, -0.15) is 0 Å². The van der Waals surface area contributed by atoms with Crippen LogP contribution in [0.15, 0.2) is 0 Å². The number of nitrogens with zero attached hydrogens (tertiary/aromatic N) is 1. The van der Waals surface area contributed by atoms with Gasteiger partial charge in [-0.1, -0.05) is 13.8 Å². The summed E-state index contributed by atoms with van der Waals surface area (Å²) in [6, 6.07) is 0.760. The van der Waals surface area contributed by atoms with E-state index in [0.29, 0.717) is 23.4 Å². The van der Waals surface area contributed by atoms with Gasteiger partial charge < -0.3 is 15.6 Å². The molecule has 0 bridgehead atoms. The monoisotopic (exact) mass is 270 g/mol. The SMILES string of the molecule is CC1COC(CO)CN1CC1CC(C)(C)CCC1N. The first-order chi connectivity index (χ1) is 8.91. The van der Waals surface area contributed by atoms with Crippen molar-refractivity contribution < 1.29 is 9.84 Å². The number of aliphatic hydroxyl groups excluding tert-OH is 1. The minimum atomic E-state index is -0.0241. The average Bonchev–Trinajstić information content (AvgIpc) is 2.36. The van der Waals surface area contributed by atoms with Gasteiger partial charge in [0, 0.05) is 25.2 Å². The summed E-state index contributed by atoms with van der Waals surface area (Å²) in [5, 5.41) is 9.26. The molecule has 0 amide bonds. The number of hydrogen-bond donors (Lipinski definition) is 2. The predicted molar refractivity (Wildman–Crippen MR) is 77.0 cm³/mol. The smallest absolute Gasteiger partial charge is 0.0933 e. The molecule has 1 aliphatic heterocycles. The van der Waals surface area contributed by atoms with Gasteiger partial charge in [0.05, 0.1) is 19.3 Å². The van der Waals surface area contributed by atoms with Crippen molar-refractivity contribution in [3.63, 3.8) is 0 Å². The minimum Gasteiger partial charge on any atom is -0.394 e. The summed E-state index contributed by atoms with van der Waals surface area (Å²) >= 11 is 0. The van der Waals surface area contributed by atoms with E-state index in [0.717, 1.165) is 26.1 Å². The highest BCUT2D eigenvalue weighted by molar-refractivity contribution is 4.90. The average molecular weight is 270 g/mol. The standard InChI is InChI=1S/C15H30N2O2/c1-11-10-19-13(9-18)8-17(11)7-12-6-15(2,3)5-4-14(12)16/h11-14,18H,4-10,16H2,1-3H3. The Labute approximate surface area is 117 Å². The van der Waals surface area contributed by atoms with Gasteiger partial charge in [-0.3, -0.25) is 4.90 Å². The first-order valence-electron chi connectivity index (χ1n) is 7.63. The van der Waals surface area contributed by atoms with Gasteiger partial charge in [0.15, 0.2) is 0 Å². The lowest BCUT2D eigenvalue weighted by atomic mass is 9.70. The number of nitrogens with two attached hydrogens (primary N) is 1. The molecule has 2 aliphatic rings. The molecule has 0 radical (unpaired) electrons. The third-order valence-corrected chi connectivity index (χ3v) is 4.88. The molecule has 1 saturated carbocycles. The van der Waals surface area contributed by atoms with Crippen LogP contribution in [-0.2, 0) is 4.74 Å².